The lowest BCUT2D eigenvalue weighted by Gasteiger charge is -2.33. The summed E-state index contributed by atoms with van der Waals surface area (Å²) in [4.78, 5) is 67.5. The lowest BCUT2D eigenvalue weighted by atomic mass is 9.91. The molecule has 672 valence electrons. The van der Waals surface area contributed by atoms with Gasteiger partial charge in [0.1, 0.15) is 99.4 Å². The number of aromatic nitrogens is 16. The van der Waals surface area contributed by atoms with E-state index in [0.717, 1.165) is 124 Å². The molecule has 130 heavy (non-hydrogen) atoms. The van der Waals surface area contributed by atoms with Gasteiger partial charge in [-0.25, -0.2) is 48.7 Å². The number of alkyl halides is 1. The van der Waals surface area contributed by atoms with Gasteiger partial charge in [0.2, 0.25) is 0 Å². The highest BCUT2D eigenvalue weighted by Gasteiger charge is 2.36. The number of nitrogen functional groups attached to an aromatic ring is 4. The standard InChI is InChI=1S/C30H33ClF2N6O2.C23H23BrClN5O.2C21H19BrClN5O/c1-16(2)41-26-20(17(3)28-37-18(4)25-27(34)35-10-13-39(25)28)14-21(31)24(32)23(26)19-6-7-22(36-15-19)29(40)38-11-8-30(5,33)9-12-38;1-5-31-20-16(10-17(25)14(4)18(20)15-7-6-12(2)28-11-15)13(3)23-29-21(24)19-22(26)27-8-9-30(19)23;2*1-11(21-27-19(22)17-20(24)26-7-8-28(17)21)14-9-15(23)12(2)16(18(14)29-3)13-5-4-6-25-10-13/h6-7,10,13-17H,8-9,11-12H2,1-5H3,(H2,34,35);6-11,13H,5H2,1-4H3,(H2,26,27);2*4-11H,1-3H3,(H2,24,26)/t17-;13-;2*11-/m0010/s1. The summed E-state index contributed by atoms with van der Waals surface area (Å²) in [5.74, 6) is 5.58. The van der Waals surface area contributed by atoms with Gasteiger partial charge in [0.15, 0.2) is 23.3 Å². The van der Waals surface area contributed by atoms with Crippen molar-refractivity contribution in [2.45, 2.75) is 138 Å². The van der Waals surface area contributed by atoms with E-state index in [1.807, 2.05) is 172 Å². The van der Waals surface area contributed by atoms with Gasteiger partial charge in [0.25, 0.3) is 5.91 Å². The van der Waals surface area contributed by atoms with Crippen LogP contribution in [0.5, 0.6) is 23.0 Å². The van der Waals surface area contributed by atoms with Gasteiger partial charge in [-0.2, -0.15) is 0 Å². The summed E-state index contributed by atoms with van der Waals surface area (Å²) in [6.07, 6.45) is 24.6. The second-order valence-corrected chi connectivity index (χ2v) is 35.8. The van der Waals surface area contributed by atoms with E-state index in [2.05, 4.69) is 108 Å². The Balaban J connectivity index is 0.000000141. The molecule has 1 aliphatic rings. The molecule has 1 fully saturated rings. The average molecular weight is 2030 g/mol. The molecule has 17 rings (SSSR count). The van der Waals surface area contributed by atoms with Gasteiger partial charge in [0.05, 0.1) is 43.2 Å². The van der Waals surface area contributed by atoms with E-state index in [1.165, 1.54) is 6.20 Å². The number of benzene rings is 4. The number of rotatable bonds is 19. The predicted octanol–water partition coefficient (Wildman–Crippen LogP) is 22.9. The molecular formula is C95H94Br3Cl4F2N21O5. The number of piperidine rings is 1. The van der Waals surface area contributed by atoms with Crippen LogP contribution in [-0.2, 0) is 0 Å². The molecule has 4 atom stereocenters. The molecule has 1 amide bonds. The van der Waals surface area contributed by atoms with Crippen molar-refractivity contribution in [1.82, 2.24) is 82.3 Å². The molecule has 26 nitrogen and oxygen atoms in total. The van der Waals surface area contributed by atoms with Crippen molar-refractivity contribution >= 4 is 145 Å². The number of carbonyl (C=O) groups is 1. The van der Waals surface area contributed by atoms with Crippen molar-refractivity contribution in [3.8, 4) is 67.5 Å². The van der Waals surface area contributed by atoms with Crippen LogP contribution in [0.2, 0.25) is 20.1 Å². The molecular weight excluding hydrogens is 1930 g/mol. The molecule has 1 saturated heterocycles. The van der Waals surface area contributed by atoms with E-state index in [4.69, 9.17) is 108 Å². The third-order valence-electron chi connectivity index (χ3n) is 23.1. The minimum Gasteiger partial charge on any atom is -0.496 e. The Morgan fingerprint density at radius 3 is 1.23 bits per heavy atom. The maximum atomic E-state index is 15.8. The number of halogens is 9. The van der Waals surface area contributed by atoms with E-state index in [9.17, 15) is 9.18 Å². The zero-order valence-electron chi connectivity index (χ0n) is 73.8. The number of aryl methyl sites for hydroxylation is 2. The molecule has 0 unspecified atom stereocenters. The number of likely N-dealkylation sites (tertiary alicyclic amines) is 1. The summed E-state index contributed by atoms with van der Waals surface area (Å²) in [6, 6.07) is 22.4. The number of hydrogen-bond donors (Lipinski definition) is 4. The molecule has 35 heteroatoms. The van der Waals surface area contributed by atoms with Crippen LogP contribution in [0.3, 0.4) is 0 Å². The van der Waals surface area contributed by atoms with Crippen molar-refractivity contribution in [3.63, 3.8) is 0 Å². The van der Waals surface area contributed by atoms with Crippen molar-refractivity contribution in [2.75, 3.05) is 56.9 Å². The van der Waals surface area contributed by atoms with Crippen molar-refractivity contribution < 1.29 is 32.5 Å². The van der Waals surface area contributed by atoms with Crippen LogP contribution in [0.15, 0.2) is 173 Å². The number of methoxy groups -OCH3 is 2. The topological polar surface area (TPSA) is 334 Å². The van der Waals surface area contributed by atoms with Crippen LogP contribution in [0.4, 0.5) is 32.1 Å². The number of hydrogen-bond acceptors (Lipinski definition) is 21. The second kappa shape index (κ2) is 39.5. The fraction of sp³-hybridized carbons (Fsp3) is 0.274. The number of fused-ring (bicyclic) bond motifs is 4. The van der Waals surface area contributed by atoms with E-state index < -0.39 is 11.5 Å². The second-order valence-electron chi connectivity index (χ2n) is 32.0. The zero-order chi connectivity index (χ0) is 93.3. The maximum Gasteiger partial charge on any atom is 0.272 e. The quantitative estimate of drug-likeness (QED) is 0.0584. The smallest absolute Gasteiger partial charge is 0.272 e. The zero-order valence-corrected chi connectivity index (χ0v) is 81.6. The molecule has 16 aromatic rings. The Labute approximate surface area is 795 Å². The summed E-state index contributed by atoms with van der Waals surface area (Å²) in [6.45, 7) is 26.3. The number of nitrogens with two attached hydrogens (primary N) is 4. The Morgan fingerprint density at radius 2 is 0.846 bits per heavy atom. The van der Waals surface area contributed by atoms with E-state index >= 15 is 4.39 Å². The average Bonchev–Trinajstić information content (AvgIpc) is 1.49. The SMILES string of the molecule is CCOc1c([C@H](C)c2nc(Br)c3c(N)nccn23)cc(Cl)c(C)c1-c1ccc(C)nc1.COc1c([C@@H](C)c2nc(Br)c3c(N)nccn23)cc(Cl)c(C)c1-c1cccnc1.COc1c([C@H](C)c2nc(Br)c3c(N)nccn23)cc(Cl)c(C)c1-c1cccnc1.Cc1nc([C@@H](C)c2cc(Cl)c(F)c(-c3ccc(C(=O)N4CCC(C)(F)CC4)nc3)c2OC(C)C)n2ccnc(N)c12. The van der Waals surface area contributed by atoms with Crippen molar-refractivity contribution in [2.24, 2.45) is 0 Å². The number of carbonyl (C=O) groups excluding carboxylic acids is 1. The van der Waals surface area contributed by atoms with Crippen molar-refractivity contribution in [1.29, 1.82) is 0 Å². The van der Waals surface area contributed by atoms with Gasteiger partial charge >= 0.3 is 0 Å². The Morgan fingerprint density at radius 1 is 0.477 bits per heavy atom. The molecule has 13 heterocycles. The molecule has 0 bridgehead atoms. The molecule has 1 aliphatic heterocycles. The lowest BCUT2D eigenvalue weighted by molar-refractivity contribution is 0.0499. The number of pyridine rings is 4. The highest BCUT2D eigenvalue weighted by atomic mass is 79.9. The summed E-state index contributed by atoms with van der Waals surface area (Å²) in [7, 11) is 3.33. The molecule has 0 spiro atoms. The summed E-state index contributed by atoms with van der Waals surface area (Å²) in [5, 5.41) is 1.90. The number of nitrogens with zero attached hydrogens (tertiary/aromatic N) is 17. The van der Waals surface area contributed by atoms with E-state index in [-0.39, 0.29) is 64.8 Å². The van der Waals surface area contributed by atoms with Crippen LogP contribution < -0.4 is 41.9 Å². The van der Waals surface area contributed by atoms with E-state index in [1.54, 1.807) is 87.6 Å². The van der Waals surface area contributed by atoms with Gasteiger partial charge in [0, 0.05) is 205 Å². The molecule has 8 N–H and O–H groups in total. The number of ether oxygens (including phenoxy) is 4. The molecule has 0 aliphatic carbocycles. The van der Waals surface area contributed by atoms with Gasteiger partial charge in [-0.15, -0.1) is 0 Å². The van der Waals surface area contributed by atoms with Crippen LogP contribution in [0, 0.1) is 40.4 Å². The Bertz CT molecular complexity index is 6750. The summed E-state index contributed by atoms with van der Waals surface area (Å²) < 4.78 is 63.8. The number of imidazole rings is 4. The lowest BCUT2D eigenvalue weighted by Crippen LogP contribution is -2.43. The molecule has 12 aromatic heterocycles. The third kappa shape index (κ3) is 18.7. The predicted molar refractivity (Wildman–Crippen MR) is 520 cm³/mol. The van der Waals surface area contributed by atoms with Crippen LogP contribution in [0.1, 0.15) is 176 Å². The maximum absolute atomic E-state index is 15.8. The van der Waals surface area contributed by atoms with Crippen molar-refractivity contribution in [3.05, 3.63) is 279 Å². The Kier molecular flexibility index (Phi) is 28.7. The summed E-state index contributed by atoms with van der Waals surface area (Å²) in [5.41, 5.74) is 40.3. The van der Waals surface area contributed by atoms with Gasteiger partial charge in [-0.3, -0.25) is 42.3 Å². The summed E-state index contributed by atoms with van der Waals surface area (Å²) >= 11 is 37.0. The fourth-order valence-corrected chi connectivity index (χ4v) is 18.9. The normalized spacial score (nSPS) is 13.4. The number of anilines is 4. The van der Waals surface area contributed by atoms with Crippen LogP contribution in [-0.4, -0.2) is 134 Å². The van der Waals surface area contributed by atoms with Gasteiger partial charge in [-0.1, -0.05) is 98.4 Å². The van der Waals surface area contributed by atoms with E-state index in [0.29, 0.717) is 106 Å². The molecule has 0 saturated carbocycles. The third-order valence-corrected chi connectivity index (χ3v) is 26.2. The van der Waals surface area contributed by atoms with Crippen LogP contribution in [0.25, 0.3) is 66.6 Å². The highest BCUT2D eigenvalue weighted by molar-refractivity contribution is 9.11. The molecule has 0 radical (unpaired) electrons. The first-order valence-corrected chi connectivity index (χ1v) is 45.5. The minimum absolute atomic E-state index is 0.0838. The first-order valence-electron chi connectivity index (χ1n) is 41.6. The largest absolute Gasteiger partial charge is 0.496 e. The number of amides is 1. The monoisotopic (exact) mass is 2020 g/mol. The highest BCUT2D eigenvalue weighted by Crippen LogP contribution is 2.50. The first-order chi connectivity index (χ1) is 62.1. The Hall–Kier alpha value is -11.7. The van der Waals surface area contributed by atoms with Crippen LogP contribution >= 0.6 is 94.2 Å². The van der Waals surface area contributed by atoms with Gasteiger partial charge < -0.3 is 46.8 Å². The first kappa shape index (κ1) is 94.4. The molecule has 4 aromatic carbocycles. The van der Waals surface area contributed by atoms with Gasteiger partial charge in [-0.05, 0) is 188 Å². The minimum atomic E-state index is -1.27. The fourth-order valence-electron chi connectivity index (χ4n) is 16.4.